The van der Waals surface area contributed by atoms with E-state index in [2.05, 4.69) is 20.6 Å². The lowest BCUT2D eigenvalue weighted by molar-refractivity contribution is -0.122. The predicted octanol–water partition coefficient (Wildman–Crippen LogP) is 2.96. The second kappa shape index (κ2) is 7.57. The molecule has 0 atom stereocenters. The van der Waals surface area contributed by atoms with Gasteiger partial charge in [-0.3, -0.25) is 10.1 Å². The second-order valence-electron chi connectivity index (χ2n) is 7.46. The molecule has 0 bridgehead atoms. The Labute approximate surface area is 156 Å². The average Bonchev–Trinajstić information content (AvgIpc) is 2.73. The molecule has 7 nitrogen and oxygen atoms in total. The van der Waals surface area contributed by atoms with Gasteiger partial charge in [-0.2, -0.15) is 0 Å². The number of thiophene rings is 1. The standard InChI is InChI=1S/C18H24N4O3S/c1-18(2,3)22-17(24)21-13(23)9-25-15-14-11-7-5-4-6-8-12(11)26-16(14)20-10-19-15/h10H,4-9H2,1-3H3,(H2,21,22,23,24). The van der Waals surface area contributed by atoms with E-state index in [9.17, 15) is 9.59 Å². The van der Waals surface area contributed by atoms with E-state index < -0.39 is 17.5 Å². The minimum Gasteiger partial charge on any atom is -0.467 e. The van der Waals surface area contributed by atoms with E-state index in [1.54, 1.807) is 11.3 Å². The monoisotopic (exact) mass is 376 g/mol. The molecule has 26 heavy (non-hydrogen) atoms. The third-order valence-corrected chi connectivity index (χ3v) is 5.25. The van der Waals surface area contributed by atoms with Crippen LogP contribution in [0.1, 0.15) is 50.5 Å². The summed E-state index contributed by atoms with van der Waals surface area (Å²) in [6, 6.07) is -0.539. The number of aryl methyl sites for hydroxylation is 2. The van der Waals surface area contributed by atoms with E-state index in [0.29, 0.717) is 5.88 Å². The van der Waals surface area contributed by atoms with E-state index in [0.717, 1.165) is 29.5 Å². The molecule has 0 fully saturated rings. The van der Waals surface area contributed by atoms with Gasteiger partial charge in [0.2, 0.25) is 5.88 Å². The SMILES string of the molecule is CC(C)(C)NC(=O)NC(=O)COc1ncnc2sc3c(c12)CCCCC3. The quantitative estimate of drug-likeness (QED) is 0.804. The molecule has 140 valence electrons. The van der Waals surface area contributed by atoms with E-state index in [1.807, 2.05) is 20.8 Å². The van der Waals surface area contributed by atoms with Crippen LogP contribution in [-0.4, -0.2) is 34.1 Å². The topological polar surface area (TPSA) is 93.2 Å². The second-order valence-corrected chi connectivity index (χ2v) is 8.55. The first-order valence-corrected chi connectivity index (χ1v) is 9.65. The van der Waals surface area contributed by atoms with Gasteiger partial charge in [0.05, 0.1) is 5.39 Å². The number of ether oxygens (including phenoxy) is 1. The van der Waals surface area contributed by atoms with Gasteiger partial charge in [-0.05, 0) is 52.0 Å². The molecule has 1 aliphatic carbocycles. The molecule has 0 aliphatic heterocycles. The lowest BCUT2D eigenvalue weighted by Gasteiger charge is -2.20. The number of nitrogens with one attached hydrogen (secondary N) is 2. The van der Waals surface area contributed by atoms with Crippen molar-refractivity contribution >= 4 is 33.5 Å². The zero-order valence-electron chi connectivity index (χ0n) is 15.3. The third-order valence-electron chi connectivity index (χ3n) is 4.05. The Balaban J connectivity index is 1.70. The van der Waals surface area contributed by atoms with Gasteiger partial charge < -0.3 is 10.1 Å². The van der Waals surface area contributed by atoms with Crippen LogP contribution in [0, 0.1) is 0 Å². The molecule has 8 heteroatoms. The number of nitrogens with zero attached hydrogens (tertiary/aromatic N) is 2. The van der Waals surface area contributed by atoms with Crippen molar-refractivity contribution in [3.63, 3.8) is 0 Å². The number of rotatable bonds is 3. The summed E-state index contributed by atoms with van der Waals surface area (Å²) in [5.41, 5.74) is 0.835. The zero-order chi connectivity index (χ0) is 18.7. The Morgan fingerprint density at radius 1 is 1.19 bits per heavy atom. The summed E-state index contributed by atoms with van der Waals surface area (Å²) in [5, 5.41) is 5.86. The summed E-state index contributed by atoms with van der Waals surface area (Å²) in [6.07, 6.45) is 7.05. The number of urea groups is 1. The Hall–Kier alpha value is -2.22. The number of hydrogen-bond donors (Lipinski definition) is 2. The van der Waals surface area contributed by atoms with Crippen LogP contribution in [0.2, 0.25) is 0 Å². The van der Waals surface area contributed by atoms with Crippen molar-refractivity contribution in [3.8, 4) is 5.88 Å². The average molecular weight is 376 g/mol. The van der Waals surface area contributed by atoms with Gasteiger partial charge in [0.15, 0.2) is 6.61 Å². The maximum atomic E-state index is 12.0. The number of amides is 3. The summed E-state index contributed by atoms with van der Waals surface area (Å²) < 4.78 is 5.64. The molecule has 3 amide bonds. The highest BCUT2D eigenvalue weighted by Gasteiger charge is 2.21. The molecule has 2 heterocycles. The smallest absolute Gasteiger partial charge is 0.321 e. The Morgan fingerprint density at radius 3 is 2.73 bits per heavy atom. The number of carbonyl (C=O) groups excluding carboxylic acids is 2. The van der Waals surface area contributed by atoms with Crippen LogP contribution < -0.4 is 15.4 Å². The van der Waals surface area contributed by atoms with Crippen LogP contribution in [-0.2, 0) is 17.6 Å². The lowest BCUT2D eigenvalue weighted by atomic mass is 10.1. The first kappa shape index (κ1) is 18.6. The number of carbonyl (C=O) groups is 2. The number of aromatic nitrogens is 2. The summed E-state index contributed by atoms with van der Waals surface area (Å²) in [6.45, 7) is 5.25. The van der Waals surface area contributed by atoms with Crippen LogP contribution >= 0.6 is 11.3 Å². The summed E-state index contributed by atoms with van der Waals surface area (Å²) in [5.74, 6) is -0.0967. The fourth-order valence-electron chi connectivity index (χ4n) is 3.02. The van der Waals surface area contributed by atoms with Gasteiger partial charge in [0.25, 0.3) is 5.91 Å². The largest absolute Gasteiger partial charge is 0.467 e. The molecule has 0 radical (unpaired) electrons. The van der Waals surface area contributed by atoms with Crippen molar-refractivity contribution in [2.45, 2.75) is 58.4 Å². The Morgan fingerprint density at radius 2 is 1.96 bits per heavy atom. The van der Waals surface area contributed by atoms with Crippen LogP contribution in [0.15, 0.2) is 6.33 Å². The highest BCUT2D eigenvalue weighted by molar-refractivity contribution is 7.18. The zero-order valence-corrected chi connectivity index (χ0v) is 16.2. The first-order valence-electron chi connectivity index (χ1n) is 8.83. The molecule has 0 aromatic carbocycles. The molecule has 0 saturated heterocycles. The van der Waals surface area contributed by atoms with Gasteiger partial charge in [-0.15, -0.1) is 11.3 Å². The van der Waals surface area contributed by atoms with Gasteiger partial charge in [0.1, 0.15) is 11.2 Å². The van der Waals surface area contributed by atoms with E-state index in [1.165, 1.54) is 29.6 Å². The van der Waals surface area contributed by atoms with Crippen LogP contribution in [0.5, 0.6) is 5.88 Å². The molecule has 1 aliphatic rings. The summed E-state index contributed by atoms with van der Waals surface area (Å²) in [4.78, 5) is 34.6. The molecule has 2 aromatic rings. The van der Waals surface area contributed by atoms with Crippen LogP contribution in [0.4, 0.5) is 4.79 Å². The maximum Gasteiger partial charge on any atom is 0.321 e. The van der Waals surface area contributed by atoms with Crippen molar-refractivity contribution in [3.05, 3.63) is 16.8 Å². The van der Waals surface area contributed by atoms with Gasteiger partial charge >= 0.3 is 6.03 Å². The van der Waals surface area contributed by atoms with Crippen molar-refractivity contribution in [1.29, 1.82) is 0 Å². The first-order chi connectivity index (χ1) is 12.3. The molecule has 0 saturated carbocycles. The summed E-state index contributed by atoms with van der Waals surface area (Å²) in [7, 11) is 0. The fourth-order valence-corrected chi connectivity index (χ4v) is 4.24. The van der Waals surface area contributed by atoms with Gasteiger partial charge in [0, 0.05) is 10.4 Å². The van der Waals surface area contributed by atoms with Crippen molar-refractivity contribution in [2.24, 2.45) is 0 Å². The minimum atomic E-state index is -0.539. The number of fused-ring (bicyclic) bond motifs is 3. The maximum absolute atomic E-state index is 12.0. The highest BCUT2D eigenvalue weighted by atomic mass is 32.1. The van der Waals surface area contributed by atoms with Gasteiger partial charge in [-0.1, -0.05) is 6.42 Å². The number of imide groups is 1. The van der Waals surface area contributed by atoms with Crippen molar-refractivity contribution < 1.29 is 14.3 Å². The van der Waals surface area contributed by atoms with Crippen LogP contribution in [0.25, 0.3) is 10.2 Å². The van der Waals surface area contributed by atoms with E-state index >= 15 is 0 Å². The van der Waals surface area contributed by atoms with Crippen molar-refractivity contribution in [2.75, 3.05) is 6.61 Å². The van der Waals surface area contributed by atoms with Gasteiger partial charge in [-0.25, -0.2) is 14.8 Å². The molecule has 0 unspecified atom stereocenters. The molecule has 2 N–H and O–H groups in total. The van der Waals surface area contributed by atoms with E-state index in [4.69, 9.17) is 4.74 Å². The van der Waals surface area contributed by atoms with E-state index in [-0.39, 0.29) is 6.61 Å². The lowest BCUT2D eigenvalue weighted by Crippen LogP contribution is -2.49. The molecule has 2 aromatic heterocycles. The highest BCUT2D eigenvalue weighted by Crippen LogP contribution is 2.38. The van der Waals surface area contributed by atoms with Crippen LogP contribution in [0.3, 0.4) is 0 Å². The minimum absolute atomic E-state index is 0.270. The number of hydrogen-bond acceptors (Lipinski definition) is 6. The van der Waals surface area contributed by atoms with Crippen molar-refractivity contribution in [1.82, 2.24) is 20.6 Å². The fraction of sp³-hybridized carbons (Fsp3) is 0.556. The Bertz CT molecular complexity index is 826. The molecule has 0 spiro atoms. The predicted molar refractivity (Wildman–Crippen MR) is 101 cm³/mol. The molecular weight excluding hydrogens is 352 g/mol. The normalized spacial score (nSPS) is 14.4. The Kier molecular flexibility index (Phi) is 5.41. The molecule has 3 rings (SSSR count). The third kappa shape index (κ3) is 4.49. The molecular formula is C18H24N4O3S. The summed E-state index contributed by atoms with van der Waals surface area (Å²) >= 11 is 1.68.